The van der Waals surface area contributed by atoms with Gasteiger partial charge in [0.2, 0.25) is 0 Å². The van der Waals surface area contributed by atoms with Gasteiger partial charge in [0.15, 0.2) is 9.84 Å². The smallest absolute Gasteiger partial charge is 0.179 e. The van der Waals surface area contributed by atoms with E-state index in [0.717, 1.165) is 6.07 Å². The fourth-order valence-electron chi connectivity index (χ4n) is 1.08. The normalized spacial score (nSPS) is 11.6. The lowest BCUT2D eigenvalue weighted by molar-refractivity contribution is 0.593. The van der Waals surface area contributed by atoms with Gasteiger partial charge in [0, 0.05) is 6.54 Å². The number of nitrogens with two attached hydrogens (primary N) is 1. The quantitative estimate of drug-likeness (QED) is 0.764. The molecule has 0 bridgehead atoms. The Morgan fingerprint density at radius 1 is 1.43 bits per heavy atom. The van der Waals surface area contributed by atoms with Crippen molar-refractivity contribution in [1.82, 2.24) is 0 Å². The summed E-state index contributed by atoms with van der Waals surface area (Å²) in [6, 6.07) is 3.73. The van der Waals surface area contributed by atoms with Crippen LogP contribution in [0.4, 0.5) is 4.39 Å². The number of hydrogen-bond donors (Lipinski definition) is 1. The van der Waals surface area contributed by atoms with Gasteiger partial charge in [0.1, 0.15) is 5.82 Å². The van der Waals surface area contributed by atoms with E-state index in [1.54, 1.807) is 0 Å². The van der Waals surface area contributed by atoms with Crippen molar-refractivity contribution in [2.75, 3.05) is 12.3 Å². The van der Waals surface area contributed by atoms with Gasteiger partial charge in [-0.15, -0.1) is 0 Å². The lowest BCUT2D eigenvalue weighted by atomic mass is 10.2. The third-order valence-corrected chi connectivity index (χ3v) is 3.62. The van der Waals surface area contributed by atoms with E-state index in [9.17, 15) is 12.8 Å². The maximum atomic E-state index is 12.9. The Balaban J connectivity index is 3.15. The maximum Gasteiger partial charge on any atom is 0.179 e. The van der Waals surface area contributed by atoms with Gasteiger partial charge in [-0.05, 0) is 30.7 Å². The minimum Gasteiger partial charge on any atom is -0.329 e. The molecule has 0 saturated heterocycles. The van der Waals surface area contributed by atoms with Crippen molar-refractivity contribution < 1.29 is 12.8 Å². The van der Waals surface area contributed by atoms with E-state index in [0.29, 0.717) is 5.56 Å². The summed E-state index contributed by atoms with van der Waals surface area (Å²) in [4.78, 5) is 0.127. The first-order valence-corrected chi connectivity index (χ1v) is 5.81. The van der Waals surface area contributed by atoms with Crippen molar-refractivity contribution >= 4 is 9.84 Å². The van der Waals surface area contributed by atoms with Crippen molar-refractivity contribution in [2.45, 2.75) is 11.8 Å². The van der Waals surface area contributed by atoms with Gasteiger partial charge >= 0.3 is 0 Å². The Bertz CT molecular complexity index is 428. The van der Waals surface area contributed by atoms with Crippen LogP contribution in [0, 0.1) is 12.7 Å². The van der Waals surface area contributed by atoms with Gasteiger partial charge < -0.3 is 5.73 Å². The number of hydrogen-bond acceptors (Lipinski definition) is 3. The number of aryl methyl sites for hydroxylation is 1. The molecule has 1 aromatic rings. The largest absolute Gasteiger partial charge is 0.329 e. The third-order valence-electron chi connectivity index (χ3n) is 1.88. The van der Waals surface area contributed by atoms with Crippen molar-refractivity contribution in [3.63, 3.8) is 0 Å². The molecule has 0 atom stereocenters. The van der Waals surface area contributed by atoms with Gasteiger partial charge in [-0.3, -0.25) is 0 Å². The topological polar surface area (TPSA) is 60.2 Å². The lowest BCUT2D eigenvalue weighted by Crippen LogP contribution is -2.15. The molecule has 0 aliphatic carbocycles. The minimum absolute atomic E-state index is 0.0682. The molecule has 14 heavy (non-hydrogen) atoms. The summed E-state index contributed by atoms with van der Waals surface area (Å²) in [5.74, 6) is -0.519. The summed E-state index contributed by atoms with van der Waals surface area (Å²) in [7, 11) is -3.34. The number of sulfone groups is 1. The number of halogens is 1. The van der Waals surface area contributed by atoms with Crippen LogP contribution in [0.5, 0.6) is 0 Å². The van der Waals surface area contributed by atoms with Gasteiger partial charge in [-0.1, -0.05) is 0 Å². The predicted molar refractivity (Wildman–Crippen MR) is 52.2 cm³/mol. The highest BCUT2D eigenvalue weighted by molar-refractivity contribution is 7.91. The second kappa shape index (κ2) is 4.06. The molecule has 1 aromatic carbocycles. The maximum absolute atomic E-state index is 12.9. The third kappa shape index (κ3) is 2.30. The first-order chi connectivity index (χ1) is 6.47. The van der Waals surface area contributed by atoms with Gasteiger partial charge in [0.25, 0.3) is 0 Å². The summed E-state index contributed by atoms with van der Waals surface area (Å²) in [6.45, 7) is 1.59. The summed E-state index contributed by atoms with van der Waals surface area (Å²) in [5.41, 5.74) is 5.49. The van der Waals surface area contributed by atoms with Crippen molar-refractivity contribution in [3.05, 3.63) is 29.6 Å². The molecule has 0 amide bonds. The Labute approximate surface area is 82.7 Å². The molecular formula is C9H12FNO2S. The molecule has 0 radical (unpaired) electrons. The highest BCUT2D eigenvalue weighted by Gasteiger charge is 2.13. The molecule has 3 nitrogen and oxygen atoms in total. The van der Waals surface area contributed by atoms with E-state index in [2.05, 4.69) is 0 Å². The predicted octanol–water partition coefficient (Wildman–Crippen LogP) is 0.867. The van der Waals surface area contributed by atoms with Gasteiger partial charge in [-0.25, -0.2) is 12.8 Å². The highest BCUT2D eigenvalue weighted by atomic mass is 32.2. The Morgan fingerprint density at radius 3 is 2.57 bits per heavy atom. The zero-order valence-corrected chi connectivity index (χ0v) is 8.64. The van der Waals surface area contributed by atoms with Crippen molar-refractivity contribution in [1.29, 1.82) is 0 Å². The standard InChI is InChI=1S/C9H12FNO2S/c1-7-6-8(2-3-9(7)10)14(12,13)5-4-11/h2-3,6H,4-5,11H2,1H3. The van der Waals surface area contributed by atoms with Gasteiger partial charge in [-0.2, -0.15) is 0 Å². The van der Waals surface area contributed by atoms with Crippen LogP contribution in [0.2, 0.25) is 0 Å². The van der Waals surface area contributed by atoms with E-state index in [-0.39, 0.29) is 17.2 Å². The molecule has 0 saturated carbocycles. The average Bonchev–Trinajstić information content (AvgIpc) is 2.09. The molecule has 0 unspecified atom stereocenters. The second-order valence-electron chi connectivity index (χ2n) is 3.02. The molecule has 2 N–H and O–H groups in total. The summed E-state index contributed by atoms with van der Waals surface area (Å²) < 4.78 is 35.8. The average molecular weight is 217 g/mol. The van der Waals surface area contributed by atoms with Crippen LogP contribution in [0.1, 0.15) is 5.56 Å². The van der Waals surface area contributed by atoms with E-state index in [1.165, 1.54) is 19.1 Å². The van der Waals surface area contributed by atoms with Crippen LogP contribution in [0.15, 0.2) is 23.1 Å². The Morgan fingerprint density at radius 2 is 2.07 bits per heavy atom. The fourth-order valence-corrected chi connectivity index (χ4v) is 2.26. The van der Waals surface area contributed by atoms with E-state index >= 15 is 0 Å². The second-order valence-corrected chi connectivity index (χ2v) is 5.13. The SMILES string of the molecule is Cc1cc(S(=O)(=O)CCN)ccc1F. The molecule has 0 aromatic heterocycles. The van der Waals surface area contributed by atoms with Crippen LogP contribution in [-0.4, -0.2) is 20.7 Å². The Kier molecular flexibility index (Phi) is 3.23. The zero-order chi connectivity index (χ0) is 10.8. The van der Waals surface area contributed by atoms with Crippen molar-refractivity contribution in [3.8, 4) is 0 Å². The Hall–Kier alpha value is -0.940. The molecule has 78 valence electrons. The van der Waals surface area contributed by atoms with Gasteiger partial charge in [0.05, 0.1) is 10.6 Å². The van der Waals surface area contributed by atoms with Crippen LogP contribution < -0.4 is 5.73 Å². The molecule has 5 heteroatoms. The molecule has 0 aliphatic heterocycles. The summed E-state index contributed by atoms with van der Waals surface area (Å²) in [5, 5.41) is 0. The first kappa shape index (κ1) is 11.1. The lowest BCUT2D eigenvalue weighted by Gasteiger charge is -2.04. The first-order valence-electron chi connectivity index (χ1n) is 4.16. The number of rotatable bonds is 3. The monoisotopic (exact) mass is 217 g/mol. The zero-order valence-electron chi connectivity index (χ0n) is 7.83. The fraction of sp³-hybridized carbons (Fsp3) is 0.333. The summed E-state index contributed by atoms with van der Waals surface area (Å²) in [6.07, 6.45) is 0. The van der Waals surface area contributed by atoms with E-state index in [1.807, 2.05) is 0 Å². The molecule has 0 heterocycles. The molecule has 1 rings (SSSR count). The van der Waals surface area contributed by atoms with Crippen LogP contribution >= 0.6 is 0 Å². The van der Waals surface area contributed by atoms with E-state index < -0.39 is 15.7 Å². The molecule has 0 aliphatic rings. The summed E-state index contributed by atoms with van der Waals surface area (Å²) >= 11 is 0. The van der Waals surface area contributed by atoms with Crippen LogP contribution in [0.3, 0.4) is 0 Å². The molecule has 0 fully saturated rings. The number of benzene rings is 1. The highest BCUT2D eigenvalue weighted by Crippen LogP contribution is 2.15. The molecule has 0 spiro atoms. The van der Waals surface area contributed by atoms with Crippen LogP contribution in [0.25, 0.3) is 0 Å². The molecular weight excluding hydrogens is 205 g/mol. The van der Waals surface area contributed by atoms with E-state index in [4.69, 9.17) is 5.73 Å². The van der Waals surface area contributed by atoms with Crippen molar-refractivity contribution in [2.24, 2.45) is 5.73 Å². The van der Waals surface area contributed by atoms with Crippen LogP contribution in [-0.2, 0) is 9.84 Å². The minimum atomic E-state index is -3.34.